The van der Waals surface area contributed by atoms with Crippen molar-refractivity contribution in [2.75, 3.05) is 30.0 Å². The number of nitrogens with one attached hydrogen (secondary N) is 2. The van der Waals surface area contributed by atoms with E-state index in [4.69, 9.17) is 9.47 Å². The van der Waals surface area contributed by atoms with Crippen LogP contribution >= 0.6 is 11.9 Å². The number of amides is 1. The Hall–Kier alpha value is -3.17. The topological polar surface area (TPSA) is 93.7 Å². The van der Waals surface area contributed by atoms with Crippen molar-refractivity contribution in [3.05, 3.63) is 72.3 Å². The van der Waals surface area contributed by atoms with Crippen LogP contribution in [0.15, 0.2) is 76.5 Å². The summed E-state index contributed by atoms with van der Waals surface area (Å²) in [7, 11) is -0.308. The summed E-state index contributed by atoms with van der Waals surface area (Å²) in [6.07, 6.45) is -0.121. The molecule has 3 aromatic rings. The van der Waals surface area contributed by atoms with Crippen LogP contribution in [0.1, 0.15) is 12.0 Å². The molecule has 0 radical (unpaired) electrons. The standard InChI is InChI=1S/C24H26N2O5S2/c1-17-4-11-21(12-5-17)33(28,29)15-14-24(27)25-18-6-9-20(10-7-18)32-26-22-16-19(30-2)8-13-23(22)31-3/h4-13,16,26H,14-15H2,1-3H3,(H,25,27). The summed E-state index contributed by atoms with van der Waals surface area (Å²) in [6, 6.07) is 19.3. The Kier molecular flexibility index (Phi) is 8.24. The molecule has 2 N–H and O–H groups in total. The van der Waals surface area contributed by atoms with Crippen LogP contribution in [0.25, 0.3) is 0 Å². The fourth-order valence-corrected chi connectivity index (χ4v) is 4.83. The lowest BCUT2D eigenvalue weighted by Gasteiger charge is -2.12. The summed E-state index contributed by atoms with van der Waals surface area (Å²) in [5.74, 6) is 0.793. The zero-order chi connectivity index (χ0) is 23.8. The molecule has 0 atom stereocenters. The van der Waals surface area contributed by atoms with Gasteiger partial charge in [0.1, 0.15) is 11.5 Å². The minimum atomic E-state index is -3.51. The average Bonchev–Trinajstić information content (AvgIpc) is 2.82. The Morgan fingerprint density at radius 2 is 1.64 bits per heavy atom. The molecule has 0 bridgehead atoms. The molecule has 0 spiro atoms. The first-order chi connectivity index (χ1) is 15.8. The van der Waals surface area contributed by atoms with Gasteiger partial charge in [0, 0.05) is 23.1 Å². The van der Waals surface area contributed by atoms with Gasteiger partial charge in [-0.1, -0.05) is 17.7 Å². The molecule has 3 aromatic carbocycles. The summed E-state index contributed by atoms with van der Waals surface area (Å²) in [4.78, 5) is 13.4. The van der Waals surface area contributed by atoms with E-state index >= 15 is 0 Å². The first-order valence-corrected chi connectivity index (χ1v) is 12.6. The molecule has 0 aliphatic rings. The second-order valence-electron chi connectivity index (χ2n) is 7.22. The number of carbonyl (C=O) groups is 1. The highest BCUT2D eigenvalue weighted by Gasteiger charge is 2.16. The minimum absolute atomic E-state index is 0.121. The van der Waals surface area contributed by atoms with E-state index in [2.05, 4.69) is 10.0 Å². The van der Waals surface area contributed by atoms with Crippen LogP contribution in [0.3, 0.4) is 0 Å². The molecule has 1 amide bonds. The maximum absolute atomic E-state index is 12.4. The molecule has 3 rings (SSSR count). The lowest BCUT2D eigenvalue weighted by molar-refractivity contribution is -0.115. The molecular weight excluding hydrogens is 460 g/mol. The molecule has 0 saturated carbocycles. The summed E-state index contributed by atoms with van der Waals surface area (Å²) >= 11 is 1.38. The van der Waals surface area contributed by atoms with Gasteiger partial charge >= 0.3 is 0 Å². The van der Waals surface area contributed by atoms with E-state index < -0.39 is 9.84 Å². The van der Waals surface area contributed by atoms with Gasteiger partial charge in [0.15, 0.2) is 9.84 Å². The van der Waals surface area contributed by atoms with Gasteiger partial charge in [-0.3, -0.25) is 4.79 Å². The zero-order valence-corrected chi connectivity index (χ0v) is 20.3. The van der Waals surface area contributed by atoms with Crippen LogP contribution in [0.4, 0.5) is 11.4 Å². The van der Waals surface area contributed by atoms with Gasteiger partial charge in [-0.25, -0.2) is 8.42 Å². The Morgan fingerprint density at radius 3 is 2.27 bits per heavy atom. The van der Waals surface area contributed by atoms with Gasteiger partial charge in [0.2, 0.25) is 5.91 Å². The van der Waals surface area contributed by atoms with Crippen molar-refractivity contribution in [3.63, 3.8) is 0 Å². The highest BCUT2D eigenvalue weighted by molar-refractivity contribution is 8.00. The average molecular weight is 487 g/mol. The number of methoxy groups -OCH3 is 2. The van der Waals surface area contributed by atoms with Crippen molar-refractivity contribution in [1.82, 2.24) is 0 Å². The Morgan fingerprint density at radius 1 is 0.939 bits per heavy atom. The second kappa shape index (κ2) is 11.1. The number of ether oxygens (including phenoxy) is 2. The maximum atomic E-state index is 12.4. The first kappa shape index (κ1) is 24.5. The van der Waals surface area contributed by atoms with E-state index in [0.717, 1.165) is 16.1 Å². The predicted octanol–water partition coefficient (Wildman–Crippen LogP) is 4.93. The lowest BCUT2D eigenvalue weighted by atomic mass is 10.2. The quantitative estimate of drug-likeness (QED) is 0.392. The number of sulfone groups is 1. The van der Waals surface area contributed by atoms with E-state index in [1.165, 1.54) is 11.9 Å². The number of carbonyl (C=O) groups excluding carboxylic acids is 1. The molecule has 0 fully saturated rings. The largest absolute Gasteiger partial charge is 0.497 e. The second-order valence-corrected chi connectivity index (χ2v) is 10.2. The molecule has 33 heavy (non-hydrogen) atoms. The SMILES string of the molecule is COc1ccc(OC)c(NSc2ccc(NC(=O)CCS(=O)(=O)c3ccc(C)cc3)cc2)c1. The van der Waals surface area contributed by atoms with E-state index in [0.29, 0.717) is 17.2 Å². The number of hydrogen-bond donors (Lipinski definition) is 2. The smallest absolute Gasteiger partial charge is 0.225 e. The molecule has 0 aliphatic carbocycles. The zero-order valence-electron chi connectivity index (χ0n) is 18.6. The summed E-state index contributed by atoms with van der Waals surface area (Å²) in [5, 5.41) is 2.74. The number of anilines is 2. The summed E-state index contributed by atoms with van der Waals surface area (Å²) in [6.45, 7) is 1.89. The lowest BCUT2D eigenvalue weighted by Crippen LogP contribution is -2.17. The number of aryl methyl sites for hydroxylation is 1. The van der Waals surface area contributed by atoms with Crippen molar-refractivity contribution >= 4 is 39.1 Å². The third-order valence-corrected chi connectivity index (χ3v) is 7.36. The van der Waals surface area contributed by atoms with Crippen molar-refractivity contribution in [3.8, 4) is 11.5 Å². The molecule has 0 aromatic heterocycles. The first-order valence-electron chi connectivity index (χ1n) is 10.1. The van der Waals surface area contributed by atoms with Crippen LogP contribution in [0.5, 0.6) is 11.5 Å². The van der Waals surface area contributed by atoms with Crippen LogP contribution in [-0.2, 0) is 14.6 Å². The molecule has 9 heteroatoms. The summed E-state index contributed by atoms with van der Waals surface area (Å²) in [5.41, 5.74) is 2.34. The Balaban J connectivity index is 1.53. The monoisotopic (exact) mass is 486 g/mol. The Bertz CT molecular complexity index is 1190. The number of rotatable bonds is 10. The Labute approximate surface area is 198 Å². The highest BCUT2D eigenvalue weighted by atomic mass is 32.2. The van der Waals surface area contributed by atoms with Gasteiger partial charge in [0.25, 0.3) is 0 Å². The minimum Gasteiger partial charge on any atom is -0.497 e. The van der Waals surface area contributed by atoms with E-state index in [-0.39, 0.29) is 23.0 Å². The van der Waals surface area contributed by atoms with E-state index in [1.807, 2.05) is 37.3 Å². The number of hydrogen-bond acceptors (Lipinski definition) is 7. The normalized spacial score (nSPS) is 11.0. The molecule has 7 nitrogen and oxygen atoms in total. The molecule has 0 saturated heterocycles. The summed E-state index contributed by atoms with van der Waals surface area (Å²) < 4.78 is 38.7. The van der Waals surface area contributed by atoms with E-state index in [9.17, 15) is 13.2 Å². The molecular formula is C24H26N2O5S2. The van der Waals surface area contributed by atoms with Crippen molar-refractivity contribution < 1.29 is 22.7 Å². The third kappa shape index (κ3) is 6.90. The predicted molar refractivity (Wildman–Crippen MR) is 132 cm³/mol. The number of benzene rings is 3. The van der Waals surface area contributed by atoms with Crippen molar-refractivity contribution in [2.45, 2.75) is 23.1 Å². The van der Waals surface area contributed by atoms with Crippen LogP contribution in [-0.4, -0.2) is 34.3 Å². The maximum Gasteiger partial charge on any atom is 0.225 e. The molecule has 0 unspecified atom stereocenters. The fraction of sp³-hybridized carbons (Fsp3) is 0.208. The van der Waals surface area contributed by atoms with Gasteiger partial charge < -0.3 is 19.5 Å². The third-order valence-electron chi connectivity index (χ3n) is 4.80. The van der Waals surface area contributed by atoms with Crippen LogP contribution in [0, 0.1) is 6.92 Å². The van der Waals surface area contributed by atoms with Crippen molar-refractivity contribution in [1.29, 1.82) is 0 Å². The molecule has 174 valence electrons. The molecule has 0 heterocycles. The van der Waals surface area contributed by atoms with Gasteiger partial charge in [-0.2, -0.15) is 0 Å². The highest BCUT2D eigenvalue weighted by Crippen LogP contribution is 2.32. The van der Waals surface area contributed by atoms with Gasteiger partial charge in [-0.15, -0.1) is 0 Å². The fourth-order valence-electron chi connectivity index (χ4n) is 2.93. The molecule has 0 aliphatic heterocycles. The van der Waals surface area contributed by atoms with E-state index in [1.54, 1.807) is 50.6 Å². The van der Waals surface area contributed by atoms with Crippen LogP contribution in [0.2, 0.25) is 0 Å². The van der Waals surface area contributed by atoms with Crippen LogP contribution < -0.4 is 19.5 Å². The van der Waals surface area contributed by atoms with Crippen molar-refractivity contribution in [2.24, 2.45) is 0 Å². The van der Waals surface area contributed by atoms with Gasteiger partial charge in [-0.05, 0) is 67.4 Å². The van der Waals surface area contributed by atoms with Gasteiger partial charge in [0.05, 0.1) is 30.6 Å².